The Labute approximate surface area is 135 Å². The van der Waals surface area contributed by atoms with Crippen molar-refractivity contribution in [2.24, 2.45) is 7.05 Å². The number of fused-ring (bicyclic) bond motifs is 1. The first-order valence-electron chi connectivity index (χ1n) is 6.54. The first-order valence-corrected chi connectivity index (χ1v) is 7.34. The highest BCUT2D eigenvalue weighted by atomic mass is 79.9. The summed E-state index contributed by atoms with van der Waals surface area (Å²) in [6.45, 7) is -0.0311. The normalized spacial score (nSPS) is 10.8. The number of hydrogen-bond acceptors (Lipinski definition) is 5. The molecule has 2 N–H and O–H groups in total. The Morgan fingerprint density at radius 3 is 2.86 bits per heavy atom. The molecule has 0 fully saturated rings. The summed E-state index contributed by atoms with van der Waals surface area (Å²) < 4.78 is 7.75. The van der Waals surface area contributed by atoms with Gasteiger partial charge in [-0.1, -0.05) is 12.1 Å². The number of carbonyl (C=O) groups excluding carboxylic acids is 1. The zero-order chi connectivity index (χ0) is 15.7. The van der Waals surface area contributed by atoms with Gasteiger partial charge in [-0.15, -0.1) is 0 Å². The van der Waals surface area contributed by atoms with E-state index in [0.29, 0.717) is 17.3 Å². The molecule has 3 aromatic rings. The van der Waals surface area contributed by atoms with Crippen LogP contribution >= 0.6 is 15.9 Å². The van der Waals surface area contributed by atoms with Crippen molar-refractivity contribution in [3.8, 4) is 0 Å². The lowest BCUT2D eigenvalue weighted by atomic mass is 10.2. The van der Waals surface area contributed by atoms with Crippen molar-refractivity contribution in [3.05, 3.63) is 52.5 Å². The van der Waals surface area contributed by atoms with E-state index in [-0.39, 0.29) is 6.61 Å². The molecule has 1 aromatic carbocycles. The summed E-state index contributed by atoms with van der Waals surface area (Å²) in [7, 11) is 1.77. The van der Waals surface area contributed by atoms with Crippen LogP contribution in [0.25, 0.3) is 10.9 Å². The first-order chi connectivity index (χ1) is 10.5. The SMILES string of the molecule is Cn1cc(Br)cc1C(=O)OCc1nc(N)c2ccccc2n1. The van der Waals surface area contributed by atoms with Gasteiger partial charge in [-0.2, -0.15) is 0 Å². The minimum absolute atomic E-state index is 0.0311. The molecular formula is C15H13BrN4O2. The number of nitrogens with zero attached hydrogens (tertiary/aromatic N) is 3. The van der Waals surface area contributed by atoms with Gasteiger partial charge >= 0.3 is 5.97 Å². The third-order valence-electron chi connectivity index (χ3n) is 3.19. The van der Waals surface area contributed by atoms with Gasteiger partial charge in [-0.25, -0.2) is 14.8 Å². The zero-order valence-electron chi connectivity index (χ0n) is 11.8. The standard InChI is InChI=1S/C15H13BrN4O2/c1-20-7-9(16)6-12(20)15(21)22-8-13-18-11-5-3-2-4-10(11)14(17)19-13/h2-7H,8H2,1H3,(H2,17,18,19). The Hall–Kier alpha value is -2.41. The predicted molar refractivity (Wildman–Crippen MR) is 86.2 cm³/mol. The van der Waals surface area contributed by atoms with Crippen molar-refractivity contribution in [3.63, 3.8) is 0 Å². The number of ether oxygens (including phenoxy) is 1. The zero-order valence-corrected chi connectivity index (χ0v) is 13.4. The highest BCUT2D eigenvalue weighted by molar-refractivity contribution is 9.10. The summed E-state index contributed by atoms with van der Waals surface area (Å²) in [6, 6.07) is 9.12. The van der Waals surface area contributed by atoms with Crippen molar-refractivity contribution in [2.75, 3.05) is 5.73 Å². The number of nitrogens with two attached hydrogens (primary N) is 1. The lowest BCUT2D eigenvalue weighted by Gasteiger charge is -2.07. The molecule has 0 unspecified atom stereocenters. The van der Waals surface area contributed by atoms with Crippen LogP contribution in [0.3, 0.4) is 0 Å². The summed E-state index contributed by atoms with van der Waals surface area (Å²) in [5.74, 6) is 0.305. The van der Waals surface area contributed by atoms with Crippen LogP contribution in [-0.2, 0) is 18.4 Å². The van der Waals surface area contributed by atoms with Gasteiger partial charge in [0.15, 0.2) is 12.4 Å². The summed E-state index contributed by atoms with van der Waals surface area (Å²) in [4.78, 5) is 20.6. The quantitative estimate of drug-likeness (QED) is 0.726. The molecule has 2 aromatic heterocycles. The Morgan fingerprint density at radius 1 is 1.36 bits per heavy atom. The van der Waals surface area contributed by atoms with Crippen LogP contribution in [0.5, 0.6) is 0 Å². The van der Waals surface area contributed by atoms with Crippen molar-refractivity contribution in [2.45, 2.75) is 6.61 Å². The first kappa shape index (κ1) is 14.5. The number of nitrogen functional groups attached to an aromatic ring is 1. The van der Waals surface area contributed by atoms with E-state index in [1.165, 1.54) is 0 Å². The molecule has 0 aliphatic carbocycles. The van der Waals surface area contributed by atoms with Crippen LogP contribution in [0.15, 0.2) is 41.0 Å². The second kappa shape index (κ2) is 5.76. The van der Waals surface area contributed by atoms with E-state index in [9.17, 15) is 4.79 Å². The van der Waals surface area contributed by atoms with Crippen LogP contribution in [0, 0.1) is 0 Å². The largest absolute Gasteiger partial charge is 0.453 e. The van der Waals surface area contributed by atoms with Crippen LogP contribution in [0.2, 0.25) is 0 Å². The van der Waals surface area contributed by atoms with Crippen LogP contribution in [0.1, 0.15) is 16.3 Å². The fourth-order valence-electron chi connectivity index (χ4n) is 2.15. The van der Waals surface area contributed by atoms with Crippen LogP contribution in [-0.4, -0.2) is 20.5 Å². The molecular weight excluding hydrogens is 348 g/mol. The predicted octanol–water partition coefficient (Wildman–Crippen LogP) is 2.67. The Balaban J connectivity index is 1.79. The van der Waals surface area contributed by atoms with Gasteiger partial charge in [-0.05, 0) is 34.1 Å². The van der Waals surface area contributed by atoms with E-state index in [0.717, 1.165) is 15.4 Å². The summed E-state index contributed by atoms with van der Waals surface area (Å²) in [6.07, 6.45) is 1.78. The number of halogens is 1. The highest BCUT2D eigenvalue weighted by Gasteiger charge is 2.14. The summed E-state index contributed by atoms with van der Waals surface area (Å²) in [5, 5.41) is 0.781. The minimum Gasteiger partial charge on any atom is -0.453 e. The molecule has 112 valence electrons. The number of aryl methyl sites for hydroxylation is 1. The van der Waals surface area contributed by atoms with E-state index in [1.807, 2.05) is 24.3 Å². The molecule has 0 radical (unpaired) electrons. The maximum atomic E-state index is 12.0. The number of benzene rings is 1. The maximum absolute atomic E-state index is 12.0. The number of hydrogen-bond donors (Lipinski definition) is 1. The van der Waals surface area contributed by atoms with Crippen LogP contribution < -0.4 is 5.73 Å². The topological polar surface area (TPSA) is 83.0 Å². The lowest BCUT2D eigenvalue weighted by molar-refractivity contribution is 0.0451. The van der Waals surface area contributed by atoms with Gasteiger partial charge in [0.25, 0.3) is 0 Å². The second-order valence-corrected chi connectivity index (χ2v) is 5.69. The number of anilines is 1. The molecule has 2 heterocycles. The number of carbonyl (C=O) groups is 1. The van der Waals surface area contributed by atoms with Crippen molar-refractivity contribution < 1.29 is 9.53 Å². The van der Waals surface area contributed by atoms with E-state index >= 15 is 0 Å². The Bertz CT molecular complexity index is 860. The number of para-hydroxylation sites is 1. The van der Waals surface area contributed by atoms with Gasteiger partial charge < -0.3 is 15.0 Å². The molecule has 0 atom stereocenters. The Morgan fingerprint density at radius 2 is 2.14 bits per heavy atom. The molecule has 0 saturated heterocycles. The minimum atomic E-state index is -0.441. The summed E-state index contributed by atoms with van der Waals surface area (Å²) in [5.41, 5.74) is 7.07. The molecule has 0 amide bonds. The van der Waals surface area contributed by atoms with Gasteiger partial charge in [0, 0.05) is 23.1 Å². The number of rotatable bonds is 3. The molecule has 6 nitrogen and oxygen atoms in total. The van der Waals surface area contributed by atoms with Crippen molar-refractivity contribution >= 4 is 38.6 Å². The van der Waals surface area contributed by atoms with E-state index < -0.39 is 5.97 Å². The van der Waals surface area contributed by atoms with Crippen LogP contribution in [0.4, 0.5) is 5.82 Å². The molecule has 22 heavy (non-hydrogen) atoms. The van der Waals surface area contributed by atoms with E-state index in [1.54, 1.807) is 23.9 Å². The van der Waals surface area contributed by atoms with E-state index in [2.05, 4.69) is 25.9 Å². The smallest absolute Gasteiger partial charge is 0.355 e. The van der Waals surface area contributed by atoms with E-state index in [4.69, 9.17) is 10.5 Å². The highest BCUT2D eigenvalue weighted by Crippen LogP contribution is 2.18. The molecule has 0 bridgehead atoms. The average molecular weight is 361 g/mol. The fourth-order valence-corrected chi connectivity index (χ4v) is 2.67. The molecule has 0 spiro atoms. The second-order valence-electron chi connectivity index (χ2n) is 4.77. The molecule has 7 heteroatoms. The lowest BCUT2D eigenvalue weighted by Crippen LogP contribution is -2.11. The number of esters is 1. The molecule has 0 saturated carbocycles. The Kier molecular flexibility index (Phi) is 3.81. The maximum Gasteiger partial charge on any atom is 0.355 e. The van der Waals surface area contributed by atoms with Gasteiger partial charge in [-0.3, -0.25) is 0 Å². The number of aromatic nitrogens is 3. The van der Waals surface area contributed by atoms with Crippen molar-refractivity contribution in [1.29, 1.82) is 0 Å². The third kappa shape index (κ3) is 2.80. The fraction of sp³-hybridized carbons (Fsp3) is 0.133. The molecule has 0 aliphatic rings. The monoisotopic (exact) mass is 360 g/mol. The van der Waals surface area contributed by atoms with Gasteiger partial charge in [0.2, 0.25) is 0 Å². The van der Waals surface area contributed by atoms with Gasteiger partial charge in [0.1, 0.15) is 11.5 Å². The average Bonchev–Trinajstić information content (AvgIpc) is 2.84. The van der Waals surface area contributed by atoms with Gasteiger partial charge in [0.05, 0.1) is 5.52 Å². The van der Waals surface area contributed by atoms with Crippen molar-refractivity contribution in [1.82, 2.24) is 14.5 Å². The molecule has 0 aliphatic heterocycles. The third-order valence-corrected chi connectivity index (χ3v) is 3.63. The molecule has 3 rings (SSSR count). The summed E-state index contributed by atoms with van der Waals surface area (Å²) >= 11 is 3.31.